The first-order valence-electron chi connectivity index (χ1n) is 9.93. The SMILES string of the molecule is CCc1ccc(N(C/C=C/c2ccccc2)C(=O)Cc2ccc(OC)cc2)cc1. The number of carbonyl (C=O) groups excluding carboxylic acids is 1. The van der Waals surface area contributed by atoms with E-state index in [1.807, 2.05) is 71.6 Å². The first kappa shape index (κ1) is 20.4. The number of hydrogen-bond donors (Lipinski definition) is 0. The molecule has 0 aromatic heterocycles. The maximum absolute atomic E-state index is 13.1. The van der Waals surface area contributed by atoms with Gasteiger partial charge in [0.05, 0.1) is 13.5 Å². The summed E-state index contributed by atoms with van der Waals surface area (Å²) in [7, 11) is 1.64. The quantitative estimate of drug-likeness (QED) is 0.509. The summed E-state index contributed by atoms with van der Waals surface area (Å²) in [4.78, 5) is 15.0. The Labute approximate surface area is 173 Å². The Hall–Kier alpha value is -3.33. The molecule has 0 aliphatic carbocycles. The van der Waals surface area contributed by atoms with Crippen molar-refractivity contribution in [3.63, 3.8) is 0 Å². The van der Waals surface area contributed by atoms with Gasteiger partial charge in [-0.15, -0.1) is 0 Å². The van der Waals surface area contributed by atoms with E-state index in [4.69, 9.17) is 4.74 Å². The summed E-state index contributed by atoms with van der Waals surface area (Å²) in [6.07, 6.45) is 5.41. The van der Waals surface area contributed by atoms with Crippen LogP contribution in [0.1, 0.15) is 23.6 Å². The zero-order valence-corrected chi connectivity index (χ0v) is 17.0. The van der Waals surface area contributed by atoms with Gasteiger partial charge in [-0.1, -0.05) is 73.7 Å². The lowest BCUT2D eigenvalue weighted by Crippen LogP contribution is -2.32. The number of methoxy groups -OCH3 is 1. The number of benzene rings is 3. The van der Waals surface area contributed by atoms with Gasteiger partial charge in [0.15, 0.2) is 0 Å². The van der Waals surface area contributed by atoms with E-state index >= 15 is 0 Å². The third kappa shape index (κ3) is 5.82. The first-order chi connectivity index (χ1) is 14.2. The standard InChI is InChI=1S/C26H27NO2/c1-3-21-11-15-24(16-12-21)27(19-7-10-22-8-5-4-6-9-22)26(28)20-23-13-17-25(29-2)18-14-23/h4-18H,3,19-20H2,1-2H3/b10-7+. The molecule has 0 radical (unpaired) electrons. The van der Waals surface area contributed by atoms with Gasteiger partial charge in [0.1, 0.15) is 5.75 Å². The van der Waals surface area contributed by atoms with E-state index in [1.165, 1.54) is 5.56 Å². The predicted molar refractivity (Wildman–Crippen MR) is 120 cm³/mol. The van der Waals surface area contributed by atoms with E-state index in [2.05, 4.69) is 31.2 Å². The molecule has 0 aliphatic heterocycles. The molecule has 29 heavy (non-hydrogen) atoms. The molecule has 0 atom stereocenters. The van der Waals surface area contributed by atoms with Crippen molar-refractivity contribution in [3.05, 3.63) is 102 Å². The third-order valence-corrected chi connectivity index (χ3v) is 4.87. The molecule has 148 valence electrons. The van der Waals surface area contributed by atoms with Crippen LogP contribution in [0.2, 0.25) is 0 Å². The van der Waals surface area contributed by atoms with Crippen molar-refractivity contribution in [2.24, 2.45) is 0 Å². The van der Waals surface area contributed by atoms with Crippen LogP contribution in [0.3, 0.4) is 0 Å². The van der Waals surface area contributed by atoms with E-state index < -0.39 is 0 Å². The summed E-state index contributed by atoms with van der Waals surface area (Å²) in [5.74, 6) is 0.858. The number of aryl methyl sites for hydroxylation is 1. The number of ether oxygens (including phenoxy) is 1. The van der Waals surface area contributed by atoms with Crippen molar-refractivity contribution in [2.75, 3.05) is 18.6 Å². The monoisotopic (exact) mass is 385 g/mol. The maximum Gasteiger partial charge on any atom is 0.231 e. The van der Waals surface area contributed by atoms with Crippen LogP contribution >= 0.6 is 0 Å². The highest BCUT2D eigenvalue weighted by molar-refractivity contribution is 5.95. The lowest BCUT2D eigenvalue weighted by Gasteiger charge is -2.22. The fourth-order valence-electron chi connectivity index (χ4n) is 3.13. The topological polar surface area (TPSA) is 29.5 Å². The second-order valence-corrected chi connectivity index (χ2v) is 6.86. The van der Waals surface area contributed by atoms with Gasteiger partial charge in [0.2, 0.25) is 5.91 Å². The number of nitrogens with zero attached hydrogens (tertiary/aromatic N) is 1. The predicted octanol–water partition coefficient (Wildman–Crippen LogP) is 5.55. The van der Waals surface area contributed by atoms with Crippen molar-refractivity contribution in [1.29, 1.82) is 0 Å². The zero-order valence-electron chi connectivity index (χ0n) is 17.0. The van der Waals surface area contributed by atoms with Gasteiger partial charge < -0.3 is 9.64 Å². The Kier molecular flexibility index (Phi) is 7.23. The molecular formula is C26H27NO2. The lowest BCUT2D eigenvalue weighted by molar-refractivity contribution is -0.117. The molecule has 3 rings (SSSR count). The van der Waals surface area contributed by atoms with Crippen LogP contribution in [0.4, 0.5) is 5.69 Å². The van der Waals surface area contributed by atoms with Crippen molar-refractivity contribution in [3.8, 4) is 5.75 Å². The van der Waals surface area contributed by atoms with Gasteiger partial charge >= 0.3 is 0 Å². The van der Waals surface area contributed by atoms with Gasteiger partial charge in [-0.25, -0.2) is 0 Å². The van der Waals surface area contributed by atoms with E-state index in [9.17, 15) is 4.79 Å². The molecule has 0 N–H and O–H groups in total. The summed E-state index contributed by atoms with van der Waals surface area (Å²) < 4.78 is 5.20. The molecule has 0 bridgehead atoms. The number of hydrogen-bond acceptors (Lipinski definition) is 2. The van der Waals surface area contributed by atoms with Gasteiger partial charge in [0, 0.05) is 12.2 Å². The van der Waals surface area contributed by atoms with Crippen molar-refractivity contribution >= 4 is 17.7 Å². The smallest absolute Gasteiger partial charge is 0.231 e. The van der Waals surface area contributed by atoms with Crippen molar-refractivity contribution < 1.29 is 9.53 Å². The van der Waals surface area contributed by atoms with E-state index in [1.54, 1.807) is 7.11 Å². The highest BCUT2D eigenvalue weighted by atomic mass is 16.5. The molecule has 3 aromatic carbocycles. The molecular weight excluding hydrogens is 358 g/mol. The number of amides is 1. The Bertz CT molecular complexity index is 929. The Morgan fingerprint density at radius 2 is 1.55 bits per heavy atom. The molecule has 3 heteroatoms. The number of anilines is 1. The summed E-state index contributed by atoms with van der Waals surface area (Å²) in [6.45, 7) is 2.65. The van der Waals surface area contributed by atoms with Crippen molar-refractivity contribution in [2.45, 2.75) is 19.8 Å². The second-order valence-electron chi connectivity index (χ2n) is 6.86. The first-order valence-corrected chi connectivity index (χ1v) is 9.93. The van der Waals surface area contributed by atoms with Gasteiger partial charge in [0.25, 0.3) is 0 Å². The largest absolute Gasteiger partial charge is 0.497 e. The molecule has 0 spiro atoms. The number of carbonyl (C=O) groups is 1. The average Bonchev–Trinajstić information content (AvgIpc) is 2.78. The van der Waals surface area contributed by atoms with Crippen LogP contribution in [0.15, 0.2) is 84.9 Å². The fourth-order valence-corrected chi connectivity index (χ4v) is 3.13. The minimum absolute atomic E-state index is 0.0668. The molecule has 3 aromatic rings. The van der Waals surface area contributed by atoms with E-state index in [0.29, 0.717) is 13.0 Å². The minimum atomic E-state index is 0.0668. The summed E-state index contributed by atoms with van der Waals surface area (Å²) in [5.41, 5.74) is 4.27. The van der Waals surface area contributed by atoms with Crippen molar-refractivity contribution in [1.82, 2.24) is 0 Å². The van der Waals surface area contributed by atoms with Crippen LogP contribution in [-0.4, -0.2) is 19.6 Å². The minimum Gasteiger partial charge on any atom is -0.497 e. The normalized spacial score (nSPS) is 10.8. The van der Waals surface area contributed by atoms with Gasteiger partial charge in [-0.3, -0.25) is 4.79 Å². The Morgan fingerprint density at radius 3 is 2.17 bits per heavy atom. The summed E-state index contributed by atoms with van der Waals surface area (Å²) in [5, 5.41) is 0. The van der Waals surface area contributed by atoms with Crippen LogP contribution in [0.25, 0.3) is 6.08 Å². The number of rotatable bonds is 8. The highest BCUT2D eigenvalue weighted by Gasteiger charge is 2.15. The second kappa shape index (κ2) is 10.3. The molecule has 0 fully saturated rings. The van der Waals surface area contributed by atoms with Gasteiger partial charge in [-0.05, 0) is 47.4 Å². The summed E-state index contributed by atoms with van der Waals surface area (Å²) in [6, 6.07) is 26.0. The molecule has 0 aliphatic rings. The van der Waals surface area contributed by atoms with Crippen LogP contribution in [0, 0.1) is 0 Å². The van der Waals surface area contributed by atoms with Crippen LogP contribution in [-0.2, 0) is 17.6 Å². The molecule has 3 nitrogen and oxygen atoms in total. The van der Waals surface area contributed by atoms with Crippen LogP contribution < -0.4 is 9.64 Å². The fraction of sp³-hybridized carbons (Fsp3) is 0.192. The van der Waals surface area contributed by atoms with Crippen LogP contribution in [0.5, 0.6) is 5.75 Å². The zero-order chi connectivity index (χ0) is 20.5. The molecule has 0 heterocycles. The average molecular weight is 386 g/mol. The Morgan fingerprint density at radius 1 is 0.897 bits per heavy atom. The Balaban J connectivity index is 1.78. The highest BCUT2D eigenvalue weighted by Crippen LogP contribution is 2.19. The molecule has 0 saturated heterocycles. The lowest BCUT2D eigenvalue weighted by atomic mass is 10.1. The van der Waals surface area contributed by atoms with E-state index in [-0.39, 0.29) is 5.91 Å². The summed E-state index contributed by atoms with van der Waals surface area (Å²) >= 11 is 0. The molecule has 0 unspecified atom stereocenters. The molecule has 0 saturated carbocycles. The molecule has 1 amide bonds. The van der Waals surface area contributed by atoms with E-state index in [0.717, 1.165) is 29.0 Å². The van der Waals surface area contributed by atoms with Gasteiger partial charge in [-0.2, -0.15) is 0 Å². The third-order valence-electron chi connectivity index (χ3n) is 4.87. The maximum atomic E-state index is 13.1.